The Balaban J connectivity index is 2.36. The van der Waals surface area contributed by atoms with Gasteiger partial charge in [0.25, 0.3) is 0 Å². The van der Waals surface area contributed by atoms with Gasteiger partial charge >= 0.3 is 0 Å². The lowest BCUT2D eigenvalue weighted by atomic mass is 10.0. The van der Waals surface area contributed by atoms with Gasteiger partial charge in [-0.05, 0) is 50.8 Å². The number of hydrogen-bond donors (Lipinski definition) is 1. The van der Waals surface area contributed by atoms with Gasteiger partial charge in [-0.25, -0.2) is 13.1 Å². The molecule has 0 atom stereocenters. The SMILES string of the molecule is COc1ccc(Br)cc1S(=O)(=O)NC(C)(C)C1CC1. The lowest BCUT2D eigenvalue weighted by Gasteiger charge is -2.26. The summed E-state index contributed by atoms with van der Waals surface area (Å²) in [5.41, 5.74) is -0.424. The molecule has 0 radical (unpaired) electrons. The molecule has 0 heterocycles. The van der Waals surface area contributed by atoms with E-state index < -0.39 is 15.6 Å². The summed E-state index contributed by atoms with van der Waals surface area (Å²) >= 11 is 3.29. The van der Waals surface area contributed by atoms with Gasteiger partial charge in [-0.2, -0.15) is 0 Å². The van der Waals surface area contributed by atoms with Crippen LogP contribution in [0.4, 0.5) is 0 Å². The van der Waals surface area contributed by atoms with Crippen LogP contribution < -0.4 is 9.46 Å². The smallest absolute Gasteiger partial charge is 0.244 e. The van der Waals surface area contributed by atoms with Crippen molar-refractivity contribution < 1.29 is 13.2 Å². The van der Waals surface area contributed by atoms with Gasteiger partial charge in [0.2, 0.25) is 10.0 Å². The van der Waals surface area contributed by atoms with Crippen LogP contribution in [-0.4, -0.2) is 21.1 Å². The van der Waals surface area contributed by atoms with Crippen LogP contribution >= 0.6 is 15.9 Å². The summed E-state index contributed by atoms with van der Waals surface area (Å²) in [7, 11) is -2.13. The van der Waals surface area contributed by atoms with E-state index in [1.807, 2.05) is 13.8 Å². The standard InChI is InChI=1S/C13H18BrNO3S/c1-13(2,9-4-5-9)15-19(16,17)12-8-10(14)6-7-11(12)18-3/h6-9,15H,4-5H2,1-3H3. The Morgan fingerprint density at radius 3 is 2.53 bits per heavy atom. The summed E-state index contributed by atoms with van der Waals surface area (Å²) in [5, 5.41) is 0. The molecule has 2 rings (SSSR count). The maximum absolute atomic E-state index is 12.5. The van der Waals surface area contributed by atoms with Gasteiger partial charge < -0.3 is 4.74 Å². The van der Waals surface area contributed by atoms with E-state index in [0.717, 1.165) is 12.8 Å². The molecule has 0 bridgehead atoms. The van der Waals surface area contributed by atoms with Crippen molar-refractivity contribution in [2.75, 3.05) is 7.11 Å². The van der Waals surface area contributed by atoms with Gasteiger partial charge in [0.05, 0.1) is 7.11 Å². The van der Waals surface area contributed by atoms with Crippen molar-refractivity contribution in [1.29, 1.82) is 0 Å². The molecule has 0 aliphatic heterocycles. The first-order valence-electron chi connectivity index (χ1n) is 6.14. The van der Waals surface area contributed by atoms with E-state index in [9.17, 15) is 8.42 Å². The maximum Gasteiger partial charge on any atom is 0.244 e. The zero-order valence-electron chi connectivity index (χ0n) is 11.2. The van der Waals surface area contributed by atoms with E-state index in [1.54, 1.807) is 18.2 Å². The normalized spacial score (nSPS) is 16.4. The number of halogens is 1. The molecule has 1 fully saturated rings. The van der Waals surface area contributed by atoms with E-state index in [2.05, 4.69) is 20.7 Å². The van der Waals surface area contributed by atoms with Crippen molar-refractivity contribution in [2.45, 2.75) is 37.1 Å². The summed E-state index contributed by atoms with van der Waals surface area (Å²) in [4.78, 5) is 0.165. The van der Waals surface area contributed by atoms with E-state index in [-0.39, 0.29) is 4.90 Å². The Kier molecular flexibility index (Phi) is 3.95. The average molecular weight is 348 g/mol. The number of ether oxygens (including phenoxy) is 1. The van der Waals surface area contributed by atoms with Crippen molar-refractivity contribution >= 4 is 26.0 Å². The van der Waals surface area contributed by atoms with E-state index in [0.29, 0.717) is 16.1 Å². The van der Waals surface area contributed by atoms with E-state index in [4.69, 9.17) is 4.74 Å². The second-order valence-electron chi connectivity index (χ2n) is 5.40. The predicted molar refractivity (Wildman–Crippen MR) is 77.8 cm³/mol. The Hall–Kier alpha value is -0.590. The lowest BCUT2D eigenvalue weighted by molar-refractivity contribution is 0.389. The van der Waals surface area contributed by atoms with Crippen LogP contribution in [0.25, 0.3) is 0 Å². The highest BCUT2D eigenvalue weighted by atomic mass is 79.9. The lowest BCUT2D eigenvalue weighted by Crippen LogP contribution is -2.45. The summed E-state index contributed by atoms with van der Waals surface area (Å²) in [6, 6.07) is 4.96. The van der Waals surface area contributed by atoms with Gasteiger partial charge in [-0.1, -0.05) is 15.9 Å². The summed E-state index contributed by atoms with van der Waals surface area (Å²) < 4.78 is 33.6. The van der Waals surface area contributed by atoms with Crippen LogP contribution in [0.15, 0.2) is 27.6 Å². The average Bonchev–Trinajstić information content (AvgIpc) is 3.11. The molecule has 1 N–H and O–H groups in total. The molecular formula is C13H18BrNO3S. The van der Waals surface area contributed by atoms with E-state index >= 15 is 0 Å². The Morgan fingerprint density at radius 1 is 1.37 bits per heavy atom. The molecular weight excluding hydrogens is 330 g/mol. The number of sulfonamides is 1. The second-order valence-corrected chi connectivity index (χ2v) is 7.96. The van der Waals surface area contributed by atoms with Crippen molar-refractivity contribution in [1.82, 2.24) is 4.72 Å². The Bertz CT molecular complexity index is 580. The fourth-order valence-electron chi connectivity index (χ4n) is 2.15. The van der Waals surface area contributed by atoms with Crippen molar-refractivity contribution in [3.8, 4) is 5.75 Å². The zero-order chi connectivity index (χ0) is 14.3. The first-order chi connectivity index (χ1) is 8.76. The number of benzene rings is 1. The third kappa shape index (κ3) is 3.30. The molecule has 1 aliphatic carbocycles. The predicted octanol–water partition coefficient (Wildman–Crippen LogP) is 2.92. The molecule has 0 spiro atoms. The minimum Gasteiger partial charge on any atom is -0.495 e. The minimum absolute atomic E-state index is 0.165. The second kappa shape index (κ2) is 5.07. The van der Waals surface area contributed by atoms with Crippen LogP contribution in [0.3, 0.4) is 0 Å². The molecule has 4 nitrogen and oxygen atoms in total. The number of hydrogen-bond acceptors (Lipinski definition) is 3. The monoisotopic (exact) mass is 347 g/mol. The summed E-state index contributed by atoms with van der Waals surface area (Å²) in [6.07, 6.45) is 2.15. The third-order valence-electron chi connectivity index (χ3n) is 3.41. The highest BCUT2D eigenvalue weighted by molar-refractivity contribution is 9.10. The molecule has 0 aromatic heterocycles. The molecule has 1 saturated carbocycles. The minimum atomic E-state index is -3.59. The van der Waals surface area contributed by atoms with Crippen LogP contribution in [0.2, 0.25) is 0 Å². The molecule has 0 amide bonds. The Labute approximate surface area is 122 Å². The highest BCUT2D eigenvalue weighted by Gasteiger charge is 2.41. The fraction of sp³-hybridized carbons (Fsp3) is 0.538. The molecule has 0 saturated heterocycles. The highest BCUT2D eigenvalue weighted by Crippen LogP contribution is 2.40. The van der Waals surface area contributed by atoms with Gasteiger partial charge in [-0.15, -0.1) is 0 Å². The number of methoxy groups -OCH3 is 1. The van der Waals surface area contributed by atoms with Gasteiger partial charge in [0.15, 0.2) is 0 Å². The van der Waals surface area contributed by atoms with Crippen LogP contribution in [0, 0.1) is 5.92 Å². The molecule has 1 aromatic rings. The van der Waals surface area contributed by atoms with Gasteiger partial charge in [0, 0.05) is 10.0 Å². The molecule has 1 aromatic carbocycles. The van der Waals surface area contributed by atoms with Gasteiger partial charge in [-0.3, -0.25) is 0 Å². The van der Waals surface area contributed by atoms with Gasteiger partial charge in [0.1, 0.15) is 10.6 Å². The first-order valence-corrected chi connectivity index (χ1v) is 8.41. The fourth-order valence-corrected chi connectivity index (χ4v) is 4.33. The largest absolute Gasteiger partial charge is 0.495 e. The maximum atomic E-state index is 12.5. The van der Waals surface area contributed by atoms with E-state index in [1.165, 1.54) is 7.11 Å². The molecule has 19 heavy (non-hydrogen) atoms. The van der Waals surface area contributed by atoms with Crippen LogP contribution in [0.1, 0.15) is 26.7 Å². The van der Waals surface area contributed by atoms with Crippen molar-refractivity contribution in [2.24, 2.45) is 5.92 Å². The molecule has 106 valence electrons. The summed E-state index contributed by atoms with van der Waals surface area (Å²) in [5.74, 6) is 0.766. The molecule has 1 aliphatic rings. The zero-order valence-corrected chi connectivity index (χ0v) is 13.6. The van der Waals surface area contributed by atoms with Crippen molar-refractivity contribution in [3.05, 3.63) is 22.7 Å². The van der Waals surface area contributed by atoms with Crippen LogP contribution in [0.5, 0.6) is 5.75 Å². The Morgan fingerprint density at radius 2 is 2.00 bits per heavy atom. The third-order valence-corrected chi connectivity index (χ3v) is 5.60. The number of nitrogens with one attached hydrogen (secondary N) is 1. The molecule has 0 unspecified atom stereocenters. The summed E-state index contributed by atoms with van der Waals surface area (Å²) in [6.45, 7) is 3.85. The first kappa shape index (κ1) is 14.8. The topological polar surface area (TPSA) is 55.4 Å². The van der Waals surface area contributed by atoms with Crippen LogP contribution in [-0.2, 0) is 10.0 Å². The number of rotatable bonds is 5. The molecule has 6 heteroatoms. The van der Waals surface area contributed by atoms with Crippen molar-refractivity contribution in [3.63, 3.8) is 0 Å². The quantitative estimate of drug-likeness (QED) is 0.890.